The van der Waals surface area contributed by atoms with Crippen molar-refractivity contribution in [3.05, 3.63) is 0 Å². The van der Waals surface area contributed by atoms with Gasteiger partial charge in [0.05, 0.1) is 7.11 Å². The molecule has 0 aromatic carbocycles. The van der Waals surface area contributed by atoms with Crippen molar-refractivity contribution < 1.29 is 40.7 Å². The summed E-state index contributed by atoms with van der Waals surface area (Å²) in [6, 6.07) is -2.86. The Hall–Kier alpha value is -1.48. The molecule has 0 aliphatic heterocycles. The third kappa shape index (κ3) is 4.11. The van der Waals surface area contributed by atoms with Crippen LogP contribution in [0.5, 0.6) is 0 Å². The van der Waals surface area contributed by atoms with Crippen LogP contribution in [0.4, 0.5) is 26.3 Å². The van der Waals surface area contributed by atoms with E-state index >= 15 is 0 Å². The first-order valence-electron chi connectivity index (χ1n) is 3.96. The molecule has 10 heteroatoms. The highest BCUT2D eigenvalue weighted by atomic mass is 19.4. The van der Waals surface area contributed by atoms with Gasteiger partial charge in [-0.25, -0.2) is 4.79 Å². The minimum atomic E-state index is -5.74. The minimum absolute atomic E-state index is 0.438. The Labute approximate surface area is 90.9 Å². The highest BCUT2D eigenvalue weighted by Gasteiger charge is 2.62. The zero-order valence-electron chi connectivity index (χ0n) is 8.22. The lowest BCUT2D eigenvalue weighted by Crippen LogP contribution is -2.54. The number of nitrogens with one attached hydrogen (secondary N) is 1. The molecule has 100 valence electrons. The van der Waals surface area contributed by atoms with Gasteiger partial charge in [0.1, 0.15) is 6.04 Å². The van der Waals surface area contributed by atoms with E-state index in [9.17, 15) is 35.9 Å². The molecule has 0 heterocycles. The number of methoxy groups -OCH3 is 1. The van der Waals surface area contributed by atoms with Crippen LogP contribution in [-0.4, -0.2) is 37.9 Å². The van der Waals surface area contributed by atoms with Crippen molar-refractivity contribution in [3.8, 4) is 0 Å². The molecule has 1 amide bonds. The molecular weight excluding hydrogens is 260 g/mol. The molecular formula is C7H7F6NO3. The van der Waals surface area contributed by atoms with Gasteiger partial charge in [0.15, 0.2) is 5.92 Å². The second-order valence-corrected chi connectivity index (χ2v) is 2.85. The van der Waals surface area contributed by atoms with E-state index in [1.54, 1.807) is 0 Å². The standard InChI is InChI=1S/C7H7F6NO3/c1-17-5(16)3(14-2-15)4(6(8,9)10)7(11,12)13/h2-4H,1H3,(H,14,15)/t3-/m1/s1. The number of halogens is 6. The third-order valence-corrected chi connectivity index (χ3v) is 1.74. The number of carbonyl (C=O) groups excluding carboxylic acids is 2. The van der Waals surface area contributed by atoms with E-state index in [-0.39, 0.29) is 0 Å². The quantitative estimate of drug-likeness (QED) is 0.470. The zero-order valence-corrected chi connectivity index (χ0v) is 8.22. The molecule has 0 aromatic heterocycles. The summed E-state index contributed by atoms with van der Waals surface area (Å²) in [6.45, 7) is 0. The van der Waals surface area contributed by atoms with E-state index in [2.05, 4.69) is 4.74 Å². The van der Waals surface area contributed by atoms with Crippen LogP contribution in [0.3, 0.4) is 0 Å². The molecule has 0 aromatic rings. The van der Waals surface area contributed by atoms with Crippen molar-refractivity contribution in [3.63, 3.8) is 0 Å². The fourth-order valence-corrected chi connectivity index (χ4v) is 1.06. The second-order valence-electron chi connectivity index (χ2n) is 2.85. The monoisotopic (exact) mass is 267 g/mol. The number of esters is 1. The molecule has 0 saturated heterocycles. The van der Waals surface area contributed by atoms with E-state index in [1.807, 2.05) is 0 Å². The van der Waals surface area contributed by atoms with Gasteiger partial charge >= 0.3 is 18.3 Å². The van der Waals surface area contributed by atoms with Crippen LogP contribution >= 0.6 is 0 Å². The lowest BCUT2D eigenvalue weighted by molar-refractivity contribution is -0.290. The van der Waals surface area contributed by atoms with Crippen LogP contribution in [0.2, 0.25) is 0 Å². The van der Waals surface area contributed by atoms with Gasteiger partial charge in [-0.15, -0.1) is 0 Å². The van der Waals surface area contributed by atoms with Crippen LogP contribution in [0.15, 0.2) is 0 Å². The lowest BCUT2D eigenvalue weighted by Gasteiger charge is -2.28. The average Bonchev–Trinajstić information content (AvgIpc) is 2.11. The van der Waals surface area contributed by atoms with E-state index in [0.29, 0.717) is 7.11 Å². The first-order chi connectivity index (χ1) is 7.55. The number of hydrogen-bond donors (Lipinski definition) is 1. The van der Waals surface area contributed by atoms with Gasteiger partial charge in [0.2, 0.25) is 6.41 Å². The van der Waals surface area contributed by atoms with Crippen LogP contribution < -0.4 is 5.32 Å². The van der Waals surface area contributed by atoms with Crippen LogP contribution in [0, 0.1) is 5.92 Å². The highest BCUT2D eigenvalue weighted by molar-refractivity contribution is 5.78. The van der Waals surface area contributed by atoms with Crippen molar-refractivity contribution >= 4 is 12.4 Å². The van der Waals surface area contributed by atoms with Crippen LogP contribution in [0.1, 0.15) is 0 Å². The SMILES string of the molecule is COC(=O)[C@H](NC=O)C(C(F)(F)F)C(F)(F)F. The molecule has 4 nitrogen and oxygen atoms in total. The Bertz CT molecular complexity index is 272. The Morgan fingerprint density at radius 1 is 1.18 bits per heavy atom. The summed E-state index contributed by atoms with van der Waals surface area (Å²) in [5.41, 5.74) is 0. The Balaban J connectivity index is 5.38. The van der Waals surface area contributed by atoms with Crippen LogP contribution in [0.25, 0.3) is 0 Å². The number of rotatable bonds is 4. The Kier molecular flexibility index (Phi) is 4.78. The fourth-order valence-electron chi connectivity index (χ4n) is 1.06. The molecule has 0 radical (unpaired) electrons. The second kappa shape index (κ2) is 5.23. The normalized spacial score (nSPS) is 14.4. The predicted octanol–water partition coefficient (Wildman–Crippen LogP) is 1.01. The molecule has 0 spiro atoms. The molecule has 17 heavy (non-hydrogen) atoms. The van der Waals surface area contributed by atoms with Crippen LogP contribution in [-0.2, 0) is 14.3 Å². The number of amides is 1. The summed E-state index contributed by atoms with van der Waals surface area (Å²) in [5, 5.41) is 1.15. The van der Waals surface area contributed by atoms with Gasteiger partial charge < -0.3 is 10.1 Å². The Morgan fingerprint density at radius 3 is 1.82 bits per heavy atom. The van der Waals surface area contributed by atoms with Gasteiger partial charge in [0, 0.05) is 0 Å². The number of ether oxygens (including phenoxy) is 1. The van der Waals surface area contributed by atoms with Crippen molar-refractivity contribution in [1.29, 1.82) is 0 Å². The third-order valence-electron chi connectivity index (χ3n) is 1.74. The first-order valence-corrected chi connectivity index (χ1v) is 3.96. The van der Waals surface area contributed by atoms with Gasteiger partial charge in [-0.3, -0.25) is 4.79 Å². The number of carbonyl (C=O) groups is 2. The van der Waals surface area contributed by atoms with Crippen molar-refractivity contribution in [2.24, 2.45) is 5.92 Å². The Morgan fingerprint density at radius 2 is 1.59 bits per heavy atom. The van der Waals surface area contributed by atoms with E-state index in [0.717, 1.165) is 5.32 Å². The van der Waals surface area contributed by atoms with Crippen molar-refractivity contribution in [1.82, 2.24) is 5.32 Å². The first kappa shape index (κ1) is 15.5. The molecule has 1 atom stereocenters. The predicted molar refractivity (Wildman–Crippen MR) is 40.6 cm³/mol. The maximum Gasteiger partial charge on any atom is 0.403 e. The topological polar surface area (TPSA) is 55.4 Å². The maximum absolute atomic E-state index is 12.2. The van der Waals surface area contributed by atoms with Crippen molar-refractivity contribution in [2.75, 3.05) is 7.11 Å². The minimum Gasteiger partial charge on any atom is -0.467 e. The average molecular weight is 267 g/mol. The number of hydrogen-bond acceptors (Lipinski definition) is 3. The summed E-state index contributed by atoms with van der Waals surface area (Å²) in [6.07, 6.45) is -11.9. The summed E-state index contributed by atoms with van der Waals surface area (Å²) >= 11 is 0. The summed E-state index contributed by atoms with van der Waals surface area (Å²) in [4.78, 5) is 20.7. The van der Waals surface area contributed by atoms with Gasteiger partial charge in [-0.1, -0.05) is 0 Å². The lowest BCUT2D eigenvalue weighted by atomic mass is 9.98. The molecule has 0 fully saturated rings. The molecule has 0 aliphatic rings. The molecule has 0 rings (SSSR count). The van der Waals surface area contributed by atoms with E-state index in [4.69, 9.17) is 0 Å². The van der Waals surface area contributed by atoms with Crippen molar-refractivity contribution in [2.45, 2.75) is 18.4 Å². The van der Waals surface area contributed by atoms with E-state index < -0.39 is 36.7 Å². The molecule has 0 saturated carbocycles. The summed E-state index contributed by atoms with van der Waals surface area (Å²) in [5.74, 6) is -5.86. The largest absolute Gasteiger partial charge is 0.467 e. The zero-order chi connectivity index (χ0) is 13.9. The smallest absolute Gasteiger partial charge is 0.403 e. The summed E-state index contributed by atoms with van der Waals surface area (Å²) in [7, 11) is 0.603. The molecule has 0 bridgehead atoms. The van der Waals surface area contributed by atoms with Gasteiger partial charge in [-0.2, -0.15) is 26.3 Å². The van der Waals surface area contributed by atoms with E-state index in [1.165, 1.54) is 0 Å². The van der Waals surface area contributed by atoms with Gasteiger partial charge in [0.25, 0.3) is 0 Å². The molecule has 1 N–H and O–H groups in total. The molecule has 0 unspecified atom stereocenters. The number of alkyl halides is 6. The van der Waals surface area contributed by atoms with Gasteiger partial charge in [-0.05, 0) is 0 Å². The highest BCUT2D eigenvalue weighted by Crippen LogP contribution is 2.41. The summed E-state index contributed by atoms with van der Waals surface area (Å²) < 4.78 is 77.0. The maximum atomic E-state index is 12.2. The fraction of sp³-hybridized carbons (Fsp3) is 0.714. The molecule has 0 aliphatic carbocycles.